The van der Waals surface area contributed by atoms with E-state index in [0.717, 1.165) is 0 Å². The van der Waals surface area contributed by atoms with E-state index in [0.29, 0.717) is 4.90 Å². The highest BCUT2D eigenvalue weighted by Crippen LogP contribution is 2.10. The number of morpholine rings is 1. The highest BCUT2D eigenvalue weighted by Gasteiger charge is 2.36. The fourth-order valence-electron chi connectivity index (χ4n) is 1.25. The van der Waals surface area contributed by atoms with Crippen LogP contribution in [-0.2, 0) is 19.1 Å². The van der Waals surface area contributed by atoms with Crippen LogP contribution in [0.5, 0.6) is 0 Å². The fourth-order valence-corrected chi connectivity index (χ4v) is 1.25. The molecule has 1 rings (SSSR count). The summed E-state index contributed by atoms with van der Waals surface area (Å²) in [5, 5.41) is 8.81. The molecule has 1 fully saturated rings. The molecule has 1 aliphatic rings. The van der Waals surface area contributed by atoms with Gasteiger partial charge >= 0.3 is 5.97 Å². The molecule has 1 atom stereocenters. The van der Waals surface area contributed by atoms with Gasteiger partial charge in [-0.05, 0) is 0 Å². The minimum absolute atomic E-state index is 0.202. The van der Waals surface area contributed by atoms with Gasteiger partial charge in [0.05, 0.1) is 0 Å². The number of amides is 2. The van der Waals surface area contributed by atoms with Crippen molar-refractivity contribution in [2.45, 2.75) is 12.5 Å². The summed E-state index contributed by atoms with van der Waals surface area (Å²) >= 11 is 0. The minimum atomic E-state index is -1.29. The van der Waals surface area contributed by atoms with Crippen LogP contribution in [0.1, 0.15) is 6.42 Å². The van der Waals surface area contributed by atoms with Crippen molar-refractivity contribution in [3.63, 3.8) is 0 Å². The number of carbonyl (C=O) groups excluding carboxylic acids is 2. The largest absolute Gasteiger partial charge is 0.480 e. The molecule has 0 saturated carbocycles. The van der Waals surface area contributed by atoms with Crippen molar-refractivity contribution in [3.05, 3.63) is 0 Å². The van der Waals surface area contributed by atoms with E-state index < -0.39 is 23.8 Å². The number of aliphatic carboxylic acids is 1. The Hall–Kier alpha value is -1.87. The quantitative estimate of drug-likeness (QED) is 0.470. The first-order valence-corrected chi connectivity index (χ1v) is 4.17. The molecule has 0 aromatic rings. The Bertz CT molecular complexity index is 327. The standard InChI is InChI=1S/C9H9NO5/c1-2-3-6(9(13)14)10-7(11)4-15-5-8(10)12/h1,6H,3-5H2,(H,13,14). The molecule has 80 valence electrons. The van der Waals surface area contributed by atoms with Crippen molar-refractivity contribution in [3.8, 4) is 12.3 Å². The maximum atomic E-state index is 11.3. The van der Waals surface area contributed by atoms with Crippen LogP contribution in [0.2, 0.25) is 0 Å². The van der Waals surface area contributed by atoms with E-state index in [1.54, 1.807) is 0 Å². The summed E-state index contributed by atoms with van der Waals surface area (Å²) in [6, 6.07) is -1.29. The third-order valence-corrected chi connectivity index (χ3v) is 1.90. The third-order valence-electron chi connectivity index (χ3n) is 1.90. The highest BCUT2D eigenvalue weighted by atomic mass is 16.5. The van der Waals surface area contributed by atoms with E-state index in [4.69, 9.17) is 11.5 Å². The molecule has 0 radical (unpaired) electrons. The molecule has 0 aromatic carbocycles. The van der Waals surface area contributed by atoms with E-state index >= 15 is 0 Å². The SMILES string of the molecule is C#CCC(C(=O)O)N1C(=O)COCC1=O. The van der Waals surface area contributed by atoms with Gasteiger partial charge in [-0.3, -0.25) is 14.5 Å². The van der Waals surface area contributed by atoms with Crippen LogP contribution in [0.3, 0.4) is 0 Å². The van der Waals surface area contributed by atoms with E-state index in [-0.39, 0.29) is 19.6 Å². The predicted molar refractivity (Wildman–Crippen MR) is 47.5 cm³/mol. The number of hydrogen-bond acceptors (Lipinski definition) is 4. The van der Waals surface area contributed by atoms with Gasteiger partial charge in [0.25, 0.3) is 11.8 Å². The van der Waals surface area contributed by atoms with Crippen molar-refractivity contribution in [2.75, 3.05) is 13.2 Å². The normalized spacial score (nSPS) is 18.5. The molecular formula is C9H9NO5. The van der Waals surface area contributed by atoms with Crippen LogP contribution in [0.25, 0.3) is 0 Å². The third kappa shape index (κ3) is 2.33. The van der Waals surface area contributed by atoms with Crippen LogP contribution in [0, 0.1) is 12.3 Å². The lowest BCUT2D eigenvalue weighted by molar-refractivity contribution is -0.167. The van der Waals surface area contributed by atoms with E-state index in [1.807, 2.05) is 0 Å². The number of nitrogens with zero attached hydrogens (tertiary/aromatic N) is 1. The average molecular weight is 211 g/mol. The van der Waals surface area contributed by atoms with E-state index in [2.05, 4.69) is 10.7 Å². The fraction of sp³-hybridized carbons (Fsp3) is 0.444. The second kappa shape index (κ2) is 4.57. The summed E-state index contributed by atoms with van der Waals surface area (Å²) in [6.07, 6.45) is 4.77. The highest BCUT2D eigenvalue weighted by molar-refractivity contribution is 6.01. The lowest BCUT2D eigenvalue weighted by Crippen LogP contribution is -2.54. The van der Waals surface area contributed by atoms with Crippen molar-refractivity contribution < 1.29 is 24.2 Å². The van der Waals surface area contributed by atoms with Gasteiger partial charge in [0, 0.05) is 6.42 Å². The van der Waals surface area contributed by atoms with Gasteiger partial charge in [0.1, 0.15) is 19.3 Å². The molecule has 1 aliphatic heterocycles. The van der Waals surface area contributed by atoms with Crippen LogP contribution in [-0.4, -0.2) is 47.0 Å². The molecule has 6 heteroatoms. The van der Waals surface area contributed by atoms with Crippen molar-refractivity contribution in [2.24, 2.45) is 0 Å². The van der Waals surface area contributed by atoms with Gasteiger partial charge in [0.15, 0.2) is 0 Å². The molecular weight excluding hydrogens is 202 g/mol. The maximum absolute atomic E-state index is 11.3. The summed E-state index contributed by atoms with van der Waals surface area (Å²) in [5.41, 5.74) is 0. The topological polar surface area (TPSA) is 83.9 Å². The first kappa shape index (κ1) is 11.2. The molecule has 2 amide bonds. The van der Waals surface area contributed by atoms with Gasteiger partial charge in [-0.25, -0.2) is 4.79 Å². The molecule has 15 heavy (non-hydrogen) atoms. The first-order valence-electron chi connectivity index (χ1n) is 4.17. The summed E-state index contributed by atoms with van der Waals surface area (Å²) in [7, 11) is 0. The maximum Gasteiger partial charge on any atom is 0.327 e. The minimum Gasteiger partial charge on any atom is -0.480 e. The molecule has 0 spiro atoms. The number of ether oxygens (including phenoxy) is 1. The lowest BCUT2D eigenvalue weighted by Gasteiger charge is -2.29. The number of rotatable bonds is 3. The monoisotopic (exact) mass is 211 g/mol. The predicted octanol–water partition coefficient (Wildman–Crippen LogP) is -1.15. The Labute approximate surface area is 85.8 Å². The zero-order chi connectivity index (χ0) is 11.4. The number of imide groups is 1. The molecule has 1 N–H and O–H groups in total. The number of carboxylic acids is 1. The average Bonchev–Trinajstić information content (AvgIpc) is 2.15. The Morgan fingerprint density at radius 2 is 2.07 bits per heavy atom. The number of carboxylic acid groups (broad SMARTS) is 1. The molecule has 1 unspecified atom stereocenters. The van der Waals surface area contributed by atoms with Gasteiger partial charge in [-0.1, -0.05) is 0 Å². The Morgan fingerprint density at radius 1 is 1.53 bits per heavy atom. The van der Waals surface area contributed by atoms with Crippen LogP contribution < -0.4 is 0 Å². The number of carbonyl (C=O) groups is 3. The summed E-state index contributed by atoms with van der Waals surface area (Å²) in [6.45, 7) is -0.583. The number of hydrogen-bond donors (Lipinski definition) is 1. The Balaban J connectivity index is 2.89. The first-order chi connectivity index (χ1) is 7.07. The molecule has 6 nitrogen and oxygen atoms in total. The van der Waals surface area contributed by atoms with Gasteiger partial charge in [-0.15, -0.1) is 12.3 Å². The lowest BCUT2D eigenvalue weighted by atomic mass is 10.1. The van der Waals surface area contributed by atoms with Crippen LogP contribution >= 0.6 is 0 Å². The Morgan fingerprint density at radius 3 is 2.47 bits per heavy atom. The van der Waals surface area contributed by atoms with Gasteiger partial charge in [0.2, 0.25) is 0 Å². The Kier molecular flexibility index (Phi) is 3.42. The second-order valence-corrected chi connectivity index (χ2v) is 2.91. The van der Waals surface area contributed by atoms with Crippen molar-refractivity contribution in [1.82, 2.24) is 4.90 Å². The zero-order valence-corrected chi connectivity index (χ0v) is 7.80. The summed E-state index contributed by atoms with van der Waals surface area (Å²) in [4.78, 5) is 34.0. The molecule has 1 heterocycles. The van der Waals surface area contributed by atoms with Gasteiger partial charge < -0.3 is 9.84 Å². The smallest absolute Gasteiger partial charge is 0.327 e. The molecule has 1 saturated heterocycles. The zero-order valence-electron chi connectivity index (χ0n) is 7.80. The second-order valence-electron chi connectivity index (χ2n) is 2.91. The molecule has 0 bridgehead atoms. The summed E-state index contributed by atoms with van der Waals surface area (Å²) in [5.74, 6) is -0.520. The van der Waals surface area contributed by atoms with Crippen molar-refractivity contribution in [1.29, 1.82) is 0 Å². The van der Waals surface area contributed by atoms with Crippen LogP contribution in [0.15, 0.2) is 0 Å². The van der Waals surface area contributed by atoms with Gasteiger partial charge in [-0.2, -0.15) is 0 Å². The van der Waals surface area contributed by atoms with E-state index in [1.165, 1.54) is 0 Å². The van der Waals surface area contributed by atoms with E-state index in [9.17, 15) is 14.4 Å². The van der Waals surface area contributed by atoms with Crippen molar-refractivity contribution >= 4 is 17.8 Å². The molecule has 0 aliphatic carbocycles. The van der Waals surface area contributed by atoms with Crippen LogP contribution in [0.4, 0.5) is 0 Å². The number of terminal acetylenes is 1. The summed E-state index contributed by atoms with van der Waals surface area (Å²) < 4.78 is 4.65. The molecule has 0 aromatic heterocycles.